The molecule has 0 bridgehead atoms. The third-order valence-electron chi connectivity index (χ3n) is 4.64. The summed E-state index contributed by atoms with van der Waals surface area (Å²) in [6, 6.07) is 5.84. The van der Waals surface area contributed by atoms with Gasteiger partial charge in [0.25, 0.3) is 0 Å². The molecule has 6 heteroatoms. The molecule has 2 aliphatic rings. The van der Waals surface area contributed by atoms with Crippen LogP contribution in [0.25, 0.3) is 0 Å². The maximum atomic E-state index is 12.4. The minimum Gasteiger partial charge on any atom is -0.489 e. The average Bonchev–Trinajstić information content (AvgIpc) is 2.78. The van der Waals surface area contributed by atoms with E-state index in [1.54, 1.807) is 0 Å². The zero-order chi connectivity index (χ0) is 16.9. The Labute approximate surface area is 153 Å². The molecule has 1 fully saturated rings. The highest BCUT2D eigenvalue weighted by Crippen LogP contribution is 2.29. The summed E-state index contributed by atoms with van der Waals surface area (Å²) in [4.78, 5) is 16.8. The molecule has 0 spiro atoms. The van der Waals surface area contributed by atoms with Crippen LogP contribution < -0.4 is 4.74 Å². The molecule has 2 heterocycles. The van der Waals surface area contributed by atoms with Crippen LogP contribution in [0.2, 0.25) is 5.02 Å². The van der Waals surface area contributed by atoms with Gasteiger partial charge in [0.2, 0.25) is 5.91 Å². The highest BCUT2D eigenvalue weighted by molar-refractivity contribution is 7.99. The Morgan fingerprint density at radius 2 is 2.17 bits per heavy atom. The second-order valence-electron chi connectivity index (χ2n) is 6.38. The van der Waals surface area contributed by atoms with Crippen LogP contribution in [-0.4, -0.2) is 59.5 Å². The molecule has 0 aliphatic carbocycles. The van der Waals surface area contributed by atoms with Crippen molar-refractivity contribution in [2.45, 2.75) is 32.4 Å². The van der Waals surface area contributed by atoms with Gasteiger partial charge in [-0.3, -0.25) is 9.69 Å². The van der Waals surface area contributed by atoms with Crippen LogP contribution in [0, 0.1) is 0 Å². The number of thioether (sulfide) groups is 1. The summed E-state index contributed by atoms with van der Waals surface area (Å²) in [5.41, 5.74) is 1.15. The van der Waals surface area contributed by atoms with Crippen molar-refractivity contribution in [1.29, 1.82) is 0 Å². The molecule has 1 aromatic rings. The van der Waals surface area contributed by atoms with E-state index < -0.39 is 0 Å². The summed E-state index contributed by atoms with van der Waals surface area (Å²) in [7, 11) is 0. The van der Waals surface area contributed by atoms with Crippen LogP contribution in [0.5, 0.6) is 5.75 Å². The topological polar surface area (TPSA) is 32.8 Å². The lowest BCUT2D eigenvalue weighted by Crippen LogP contribution is -2.40. The molecular formula is C18H25ClN2O2S. The molecule has 0 aromatic heterocycles. The fourth-order valence-electron chi connectivity index (χ4n) is 3.19. The van der Waals surface area contributed by atoms with Crippen LogP contribution in [0.15, 0.2) is 18.2 Å². The fraction of sp³-hybridized carbons (Fsp3) is 0.611. The number of rotatable bonds is 4. The number of ether oxygens (including phenoxy) is 1. The zero-order valence-electron chi connectivity index (χ0n) is 14.2. The maximum Gasteiger partial charge on any atom is 0.223 e. The van der Waals surface area contributed by atoms with E-state index >= 15 is 0 Å². The Balaban J connectivity index is 1.62. The van der Waals surface area contributed by atoms with E-state index in [-0.39, 0.29) is 12.0 Å². The van der Waals surface area contributed by atoms with Gasteiger partial charge in [0.15, 0.2) is 0 Å². The predicted octanol–water partition coefficient (Wildman–Crippen LogP) is 3.28. The van der Waals surface area contributed by atoms with Gasteiger partial charge in [-0.05, 0) is 18.6 Å². The quantitative estimate of drug-likeness (QED) is 0.816. The second kappa shape index (κ2) is 8.45. The number of halogens is 1. The third kappa shape index (κ3) is 4.58. The van der Waals surface area contributed by atoms with E-state index in [1.807, 2.05) is 34.9 Å². The lowest BCUT2D eigenvalue weighted by atomic mass is 10.2. The van der Waals surface area contributed by atoms with E-state index in [0.717, 1.165) is 62.0 Å². The lowest BCUT2D eigenvalue weighted by Gasteiger charge is -2.28. The monoisotopic (exact) mass is 368 g/mol. The van der Waals surface area contributed by atoms with Gasteiger partial charge >= 0.3 is 0 Å². The summed E-state index contributed by atoms with van der Waals surface area (Å²) >= 11 is 8.03. The normalized spacial score (nSPS) is 21.8. The summed E-state index contributed by atoms with van der Waals surface area (Å²) < 4.78 is 6.12. The van der Waals surface area contributed by atoms with Gasteiger partial charge in [-0.1, -0.05) is 24.6 Å². The summed E-state index contributed by atoms with van der Waals surface area (Å²) in [5, 5.41) is 0.704. The van der Waals surface area contributed by atoms with Gasteiger partial charge in [0, 0.05) is 61.2 Å². The van der Waals surface area contributed by atoms with Crippen molar-refractivity contribution < 1.29 is 9.53 Å². The molecule has 0 saturated carbocycles. The van der Waals surface area contributed by atoms with E-state index in [4.69, 9.17) is 16.3 Å². The Hall–Kier alpha value is -0.910. The average molecular weight is 369 g/mol. The van der Waals surface area contributed by atoms with Crippen LogP contribution in [0.3, 0.4) is 0 Å². The molecule has 1 unspecified atom stereocenters. The fourth-order valence-corrected chi connectivity index (χ4v) is 4.25. The molecule has 1 aromatic carbocycles. The standard InChI is InChI=1S/C18H25ClN2O2S/c1-2-16-13-20(6-5-18(22)21-7-9-24-10-8-21)12-14-3-4-15(19)11-17(14)23-16/h3-4,11,16H,2,5-10,12-13H2,1H3. The molecular weight excluding hydrogens is 344 g/mol. The number of fused-ring (bicyclic) bond motifs is 1. The minimum atomic E-state index is 0.145. The van der Waals surface area contributed by atoms with Crippen molar-refractivity contribution in [3.05, 3.63) is 28.8 Å². The van der Waals surface area contributed by atoms with Crippen molar-refractivity contribution in [2.24, 2.45) is 0 Å². The molecule has 132 valence electrons. The Morgan fingerprint density at radius 1 is 1.38 bits per heavy atom. The predicted molar refractivity (Wildman–Crippen MR) is 100.0 cm³/mol. The number of hydrogen-bond acceptors (Lipinski definition) is 4. The molecule has 0 N–H and O–H groups in total. The molecule has 24 heavy (non-hydrogen) atoms. The summed E-state index contributed by atoms with van der Waals surface area (Å²) in [6.45, 7) is 6.37. The van der Waals surface area contributed by atoms with Crippen molar-refractivity contribution in [3.8, 4) is 5.75 Å². The van der Waals surface area contributed by atoms with Crippen molar-refractivity contribution in [1.82, 2.24) is 9.80 Å². The lowest BCUT2D eigenvalue weighted by molar-refractivity contribution is -0.131. The third-order valence-corrected chi connectivity index (χ3v) is 5.82. The molecule has 2 aliphatic heterocycles. The second-order valence-corrected chi connectivity index (χ2v) is 8.04. The van der Waals surface area contributed by atoms with Crippen LogP contribution >= 0.6 is 23.4 Å². The molecule has 0 radical (unpaired) electrons. The molecule has 1 saturated heterocycles. The van der Waals surface area contributed by atoms with E-state index in [2.05, 4.69) is 11.8 Å². The maximum absolute atomic E-state index is 12.4. The van der Waals surface area contributed by atoms with Crippen LogP contribution in [0.1, 0.15) is 25.3 Å². The highest BCUT2D eigenvalue weighted by Gasteiger charge is 2.23. The SMILES string of the molecule is CCC1CN(CCC(=O)N2CCSCC2)Cc2ccc(Cl)cc2O1. The van der Waals surface area contributed by atoms with Crippen molar-refractivity contribution in [3.63, 3.8) is 0 Å². The Bertz CT molecular complexity index is 578. The molecule has 3 rings (SSSR count). The molecule has 4 nitrogen and oxygen atoms in total. The Morgan fingerprint density at radius 3 is 2.92 bits per heavy atom. The number of hydrogen-bond donors (Lipinski definition) is 0. The summed E-state index contributed by atoms with van der Waals surface area (Å²) in [5.74, 6) is 3.30. The van der Waals surface area contributed by atoms with Gasteiger partial charge < -0.3 is 9.64 Å². The minimum absolute atomic E-state index is 0.145. The number of carbonyl (C=O) groups is 1. The highest BCUT2D eigenvalue weighted by atomic mass is 35.5. The van der Waals surface area contributed by atoms with E-state index in [0.29, 0.717) is 11.4 Å². The first kappa shape index (κ1) is 17.9. The van der Waals surface area contributed by atoms with Gasteiger partial charge in [-0.25, -0.2) is 0 Å². The largest absolute Gasteiger partial charge is 0.489 e. The number of amides is 1. The number of nitrogens with zero attached hydrogens (tertiary/aromatic N) is 2. The number of benzene rings is 1. The molecule has 1 atom stereocenters. The first-order chi connectivity index (χ1) is 11.7. The van der Waals surface area contributed by atoms with Crippen molar-refractivity contribution >= 4 is 29.3 Å². The number of carbonyl (C=O) groups excluding carboxylic acids is 1. The smallest absolute Gasteiger partial charge is 0.223 e. The van der Waals surface area contributed by atoms with Gasteiger partial charge in [-0.2, -0.15) is 11.8 Å². The van der Waals surface area contributed by atoms with Crippen LogP contribution in [0.4, 0.5) is 0 Å². The molecule has 1 amide bonds. The Kier molecular flexibility index (Phi) is 6.31. The summed E-state index contributed by atoms with van der Waals surface area (Å²) in [6.07, 6.45) is 1.68. The van der Waals surface area contributed by atoms with Gasteiger partial charge in [0.1, 0.15) is 11.9 Å². The first-order valence-electron chi connectivity index (χ1n) is 8.68. The van der Waals surface area contributed by atoms with E-state index in [9.17, 15) is 4.79 Å². The van der Waals surface area contributed by atoms with Gasteiger partial charge in [-0.15, -0.1) is 0 Å². The van der Waals surface area contributed by atoms with E-state index in [1.165, 1.54) is 0 Å². The van der Waals surface area contributed by atoms with Gasteiger partial charge in [0.05, 0.1) is 0 Å². The van der Waals surface area contributed by atoms with Crippen molar-refractivity contribution in [2.75, 3.05) is 37.7 Å². The zero-order valence-corrected chi connectivity index (χ0v) is 15.7. The van der Waals surface area contributed by atoms with Crippen LogP contribution in [-0.2, 0) is 11.3 Å². The first-order valence-corrected chi connectivity index (χ1v) is 10.2.